The van der Waals surface area contributed by atoms with Crippen LogP contribution in [0.15, 0.2) is 126 Å². The predicted molar refractivity (Wildman–Crippen MR) is 181 cm³/mol. The fraction of sp³-hybridized carbons (Fsp3) is 0.289. The first kappa shape index (κ1) is 33.8. The van der Waals surface area contributed by atoms with E-state index in [9.17, 15) is 14.4 Å². The summed E-state index contributed by atoms with van der Waals surface area (Å²) in [6.45, 7) is 0.352. The monoisotopic (exact) mass is 645 g/mol. The number of esters is 1. The maximum atomic E-state index is 14.0. The number of carbonyl (C=O) groups excluding carboxylic acids is 3. The standard InChI is InChI=1S/C38H39N5O5/c39-43-40-25-13-16-29-26-34(48-36(29)45)33(41-37(46)47-27-28-14-5-1-6-15-28)23-24-35(44)42-38(30-17-7-2-8-18-30,31-19-9-3-10-20-31)32-21-11-4-12-22-32/h1-12,14-15,17-22,29,33-34H,13,16,23-27H2,(H,41,46)(H,42,44)/t29-,33+,34-/m1/s1. The number of nitrogens with one attached hydrogen (secondary N) is 2. The first-order valence-electron chi connectivity index (χ1n) is 16.2. The Morgan fingerprint density at radius 3 is 1.96 bits per heavy atom. The van der Waals surface area contributed by atoms with Crippen molar-refractivity contribution in [2.45, 2.75) is 56.4 Å². The third kappa shape index (κ3) is 8.60. The number of hydrogen-bond donors (Lipinski definition) is 2. The van der Waals surface area contributed by atoms with Crippen LogP contribution in [0.1, 0.15) is 54.4 Å². The fourth-order valence-corrected chi connectivity index (χ4v) is 6.21. The lowest BCUT2D eigenvalue weighted by Gasteiger charge is -2.37. The van der Waals surface area contributed by atoms with Crippen LogP contribution in [0.2, 0.25) is 0 Å². The van der Waals surface area contributed by atoms with Gasteiger partial charge in [-0.2, -0.15) is 0 Å². The summed E-state index contributed by atoms with van der Waals surface area (Å²) < 4.78 is 11.2. The van der Waals surface area contributed by atoms with Gasteiger partial charge in [0.25, 0.3) is 0 Å². The van der Waals surface area contributed by atoms with Crippen LogP contribution in [-0.2, 0) is 31.2 Å². The molecule has 10 heteroatoms. The summed E-state index contributed by atoms with van der Waals surface area (Å²) in [4.78, 5) is 42.6. The number of nitrogens with zero attached hydrogens (tertiary/aromatic N) is 3. The Balaban J connectivity index is 1.36. The molecule has 4 aromatic carbocycles. The lowest BCUT2D eigenvalue weighted by atomic mass is 9.77. The Kier molecular flexibility index (Phi) is 11.8. The second-order valence-electron chi connectivity index (χ2n) is 11.8. The highest BCUT2D eigenvalue weighted by molar-refractivity contribution is 5.79. The number of carbonyl (C=O) groups is 3. The maximum absolute atomic E-state index is 14.0. The second-order valence-corrected chi connectivity index (χ2v) is 11.8. The topological polar surface area (TPSA) is 142 Å². The quantitative estimate of drug-likeness (QED) is 0.0351. The minimum absolute atomic E-state index is 0.0352. The van der Waals surface area contributed by atoms with Crippen molar-refractivity contribution in [2.75, 3.05) is 6.54 Å². The van der Waals surface area contributed by atoms with E-state index in [0.29, 0.717) is 19.3 Å². The molecule has 0 bridgehead atoms. The van der Waals surface area contributed by atoms with Crippen molar-refractivity contribution in [3.63, 3.8) is 0 Å². The number of ether oxygens (including phenoxy) is 2. The van der Waals surface area contributed by atoms with Crippen molar-refractivity contribution in [3.05, 3.63) is 154 Å². The van der Waals surface area contributed by atoms with Crippen molar-refractivity contribution >= 4 is 18.0 Å². The molecule has 4 aromatic rings. The van der Waals surface area contributed by atoms with Gasteiger partial charge in [0, 0.05) is 17.9 Å². The number of hydrogen-bond acceptors (Lipinski definition) is 6. The number of rotatable bonds is 15. The summed E-state index contributed by atoms with van der Waals surface area (Å²) in [5.41, 5.74) is 11.1. The van der Waals surface area contributed by atoms with E-state index >= 15 is 0 Å². The third-order valence-corrected chi connectivity index (χ3v) is 8.59. The number of cyclic esters (lactones) is 1. The highest BCUT2D eigenvalue weighted by Gasteiger charge is 2.41. The van der Waals surface area contributed by atoms with Crippen LogP contribution in [0, 0.1) is 5.92 Å². The van der Waals surface area contributed by atoms with Gasteiger partial charge in [-0.1, -0.05) is 126 Å². The minimum atomic E-state index is -0.991. The van der Waals surface area contributed by atoms with Gasteiger partial charge in [0.2, 0.25) is 5.91 Å². The largest absolute Gasteiger partial charge is 0.460 e. The molecule has 3 atom stereocenters. The Bertz CT molecular complexity index is 1590. The number of amides is 2. The zero-order valence-corrected chi connectivity index (χ0v) is 26.6. The van der Waals surface area contributed by atoms with Crippen molar-refractivity contribution < 1.29 is 23.9 Å². The van der Waals surface area contributed by atoms with E-state index < -0.39 is 29.7 Å². The Hall–Kier alpha value is -5.60. The molecule has 1 saturated heterocycles. The molecule has 10 nitrogen and oxygen atoms in total. The average molecular weight is 646 g/mol. The molecular weight excluding hydrogens is 606 g/mol. The Morgan fingerprint density at radius 2 is 1.42 bits per heavy atom. The van der Waals surface area contributed by atoms with E-state index in [0.717, 1.165) is 22.3 Å². The lowest BCUT2D eigenvalue weighted by molar-refractivity contribution is -0.145. The van der Waals surface area contributed by atoms with Crippen molar-refractivity contribution in [2.24, 2.45) is 11.0 Å². The van der Waals surface area contributed by atoms with Gasteiger partial charge in [-0.05, 0) is 53.5 Å². The van der Waals surface area contributed by atoms with Gasteiger partial charge >= 0.3 is 12.1 Å². The smallest absolute Gasteiger partial charge is 0.407 e. The number of benzene rings is 4. The molecular formula is C38H39N5O5. The second kappa shape index (κ2) is 16.8. The van der Waals surface area contributed by atoms with E-state index in [1.807, 2.05) is 121 Å². The molecule has 0 aliphatic carbocycles. The molecule has 1 fully saturated rings. The summed E-state index contributed by atoms with van der Waals surface area (Å²) in [6.07, 6.45) is 0.310. The van der Waals surface area contributed by atoms with Gasteiger partial charge < -0.3 is 20.1 Å². The molecule has 246 valence electrons. The number of alkyl carbamates (subject to hydrolysis) is 1. The molecule has 0 aromatic heterocycles. The minimum Gasteiger partial charge on any atom is -0.460 e. The van der Waals surface area contributed by atoms with E-state index in [-0.39, 0.29) is 37.9 Å². The van der Waals surface area contributed by atoms with Gasteiger partial charge in [-0.3, -0.25) is 9.59 Å². The zero-order chi connectivity index (χ0) is 33.6. The van der Waals surface area contributed by atoms with Crippen molar-refractivity contribution in [1.82, 2.24) is 10.6 Å². The Labute approximate surface area is 280 Å². The normalized spacial score (nSPS) is 16.2. The van der Waals surface area contributed by atoms with E-state index in [4.69, 9.17) is 15.0 Å². The molecule has 0 unspecified atom stereocenters. The van der Waals surface area contributed by atoms with Crippen LogP contribution in [0.3, 0.4) is 0 Å². The van der Waals surface area contributed by atoms with Gasteiger partial charge in [-0.15, -0.1) is 0 Å². The predicted octanol–water partition coefficient (Wildman–Crippen LogP) is 7.19. The molecule has 1 aliphatic rings. The summed E-state index contributed by atoms with van der Waals surface area (Å²) in [5.74, 6) is -1.01. The highest BCUT2D eigenvalue weighted by atomic mass is 16.6. The van der Waals surface area contributed by atoms with E-state index in [1.54, 1.807) is 0 Å². The first-order chi connectivity index (χ1) is 23.5. The van der Waals surface area contributed by atoms with Crippen LogP contribution in [0.5, 0.6) is 0 Å². The van der Waals surface area contributed by atoms with Gasteiger partial charge in [0.15, 0.2) is 0 Å². The molecule has 0 radical (unpaired) electrons. The van der Waals surface area contributed by atoms with Gasteiger partial charge in [0.05, 0.1) is 12.0 Å². The van der Waals surface area contributed by atoms with Gasteiger partial charge in [-0.25, -0.2) is 4.79 Å². The van der Waals surface area contributed by atoms with Crippen LogP contribution < -0.4 is 10.6 Å². The SMILES string of the molecule is [N-]=[N+]=NCCC[C@@H]1C[C@H]([C@H](CCC(=O)NC(c2ccccc2)(c2ccccc2)c2ccccc2)NC(=O)OCc2ccccc2)OC1=O. The molecule has 0 saturated carbocycles. The summed E-state index contributed by atoms with van der Waals surface area (Å²) >= 11 is 0. The maximum Gasteiger partial charge on any atom is 0.407 e. The summed E-state index contributed by atoms with van der Waals surface area (Å²) in [5, 5.41) is 9.78. The van der Waals surface area contributed by atoms with Crippen LogP contribution in [0.25, 0.3) is 10.4 Å². The van der Waals surface area contributed by atoms with E-state index in [2.05, 4.69) is 20.7 Å². The molecule has 0 spiro atoms. The number of azide groups is 1. The molecule has 5 rings (SSSR count). The van der Waals surface area contributed by atoms with Crippen molar-refractivity contribution in [3.8, 4) is 0 Å². The molecule has 2 N–H and O–H groups in total. The van der Waals surface area contributed by atoms with Crippen molar-refractivity contribution in [1.29, 1.82) is 0 Å². The fourth-order valence-electron chi connectivity index (χ4n) is 6.21. The molecule has 48 heavy (non-hydrogen) atoms. The molecule has 1 aliphatic heterocycles. The third-order valence-electron chi connectivity index (χ3n) is 8.59. The highest BCUT2D eigenvalue weighted by Crippen LogP contribution is 2.37. The van der Waals surface area contributed by atoms with E-state index in [1.165, 1.54) is 0 Å². The Morgan fingerprint density at radius 1 is 0.875 bits per heavy atom. The average Bonchev–Trinajstić information content (AvgIpc) is 3.51. The van der Waals surface area contributed by atoms with Gasteiger partial charge in [0.1, 0.15) is 18.2 Å². The first-order valence-corrected chi connectivity index (χ1v) is 16.2. The van der Waals surface area contributed by atoms with Crippen LogP contribution in [-0.4, -0.2) is 36.7 Å². The summed E-state index contributed by atoms with van der Waals surface area (Å²) in [7, 11) is 0. The molecule has 2 amide bonds. The van der Waals surface area contributed by atoms with Crippen LogP contribution >= 0.6 is 0 Å². The summed E-state index contributed by atoms with van der Waals surface area (Å²) in [6, 6.07) is 38.1. The van der Waals surface area contributed by atoms with Crippen LogP contribution in [0.4, 0.5) is 4.79 Å². The zero-order valence-electron chi connectivity index (χ0n) is 26.6. The molecule has 1 heterocycles. The lowest BCUT2D eigenvalue weighted by Crippen LogP contribution is -2.49.